The summed E-state index contributed by atoms with van der Waals surface area (Å²) in [5, 5.41) is 3.22. The Labute approximate surface area is 193 Å². The topological polar surface area (TPSA) is 79.4 Å². The Kier molecular flexibility index (Phi) is 6.97. The highest BCUT2D eigenvalue weighted by Crippen LogP contribution is 2.30. The number of nitrogens with one attached hydrogen (secondary N) is 1. The van der Waals surface area contributed by atoms with Gasteiger partial charge in [-0.3, -0.25) is 10.1 Å². The summed E-state index contributed by atoms with van der Waals surface area (Å²) in [4.78, 5) is 17.2. The Balaban J connectivity index is 1.84. The zero-order valence-corrected chi connectivity index (χ0v) is 20.1. The van der Waals surface area contributed by atoms with Gasteiger partial charge in [0.2, 0.25) is 10.0 Å². The summed E-state index contributed by atoms with van der Waals surface area (Å²) < 4.78 is 27.9. The third kappa shape index (κ3) is 5.15. The Bertz CT molecular complexity index is 1240. The van der Waals surface area contributed by atoms with Crippen molar-refractivity contribution in [3.63, 3.8) is 0 Å². The number of amides is 1. The fourth-order valence-electron chi connectivity index (χ4n) is 3.12. The standard InChI is InChI=1S/C24H27N3O3S2/c1-6-14-27(15-7-2)32(29,30)19-12-13-20-21(16-19)31-23(25-20)26-22(28)17-8-10-18(11-9-17)24(3,4)5/h6-13,16H,1-2,14-15H2,3-5H3,(H,25,26,28). The first-order valence-electron chi connectivity index (χ1n) is 10.1. The molecule has 0 aliphatic carbocycles. The summed E-state index contributed by atoms with van der Waals surface area (Å²) in [5.74, 6) is -0.263. The van der Waals surface area contributed by atoms with E-state index in [0.717, 1.165) is 5.56 Å². The highest BCUT2D eigenvalue weighted by Gasteiger charge is 2.23. The molecule has 0 atom stereocenters. The third-order valence-electron chi connectivity index (χ3n) is 4.90. The van der Waals surface area contributed by atoms with Crippen LogP contribution in [-0.4, -0.2) is 36.7 Å². The molecule has 3 rings (SSSR count). The molecule has 0 saturated heterocycles. The van der Waals surface area contributed by atoms with Gasteiger partial charge in [-0.1, -0.05) is 56.4 Å². The van der Waals surface area contributed by atoms with Crippen molar-refractivity contribution in [2.45, 2.75) is 31.1 Å². The van der Waals surface area contributed by atoms with Crippen molar-refractivity contribution in [3.8, 4) is 0 Å². The Hall–Kier alpha value is -2.81. The SMILES string of the molecule is C=CCN(CC=C)S(=O)(=O)c1ccc2nc(NC(=O)c3ccc(C(C)(C)C)cc3)sc2c1. The molecule has 1 amide bonds. The van der Waals surface area contributed by atoms with Crippen molar-refractivity contribution < 1.29 is 13.2 Å². The number of carbonyl (C=O) groups is 1. The zero-order valence-electron chi connectivity index (χ0n) is 18.5. The zero-order chi connectivity index (χ0) is 23.5. The van der Waals surface area contributed by atoms with Crippen molar-refractivity contribution in [2.75, 3.05) is 18.4 Å². The molecule has 1 N–H and O–H groups in total. The van der Waals surface area contributed by atoms with E-state index in [4.69, 9.17) is 0 Å². The number of nitrogens with zero attached hydrogens (tertiary/aromatic N) is 2. The van der Waals surface area contributed by atoms with E-state index in [1.54, 1.807) is 24.3 Å². The van der Waals surface area contributed by atoms with E-state index in [-0.39, 0.29) is 29.3 Å². The molecule has 0 aliphatic rings. The monoisotopic (exact) mass is 469 g/mol. The van der Waals surface area contributed by atoms with Gasteiger partial charge in [-0.25, -0.2) is 13.4 Å². The second-order valence-electron chi connectivity index (χ2n) is 8.33. The number of carbonyl (C=O) groups excluding carboxylic acids is 1. The number of sulfonamides is 1. The summed E-state index contributed by atoms with van der Waals surface area (Å²) in [5.41, 5.74) is 2.30. The largest absolute Gasteiger partial charge is 0.298 e. The van der Waals surface area contributed by atoms with Gasteiger partial charge in [0.15, 0.2) is 5.13 Å². The van der Waals surface area contributed by atoms with E-state index >= 15 is 0 Å². The number of benzene rings is 2. The Morgan fingerprint density at radius 3 is 2.28 bits per heavy atom. The Morgan fingerprint density at radius 1 is 1.09 bits per heavy atom. The molecule has 0 fully saturated rings. The van der Waals surface area contributed by atoms with E-state index in [1.807, 2.05) is 12.1 Å². The number of fused-ring (bicyclic) bond motifs is 1. The van der Waals surface area contributed by atoms with Crippen LogP contribution in [0.1, 0.15) is 36.7 Å². The quantitative estimate of drug-likeness (QED) is 0.459. The van der Waals surface area contributed by atoms with Gasteiger partial charge >= 0.3 is 0 Å². The van der Waals surface area contributed by atoms with Crippen LogP contribution in [0.25, 0.3) is 10.2 Å². The number of aromatic nitrogens is 1. The lowest BCUT2D eigenvalue weighted by molar-refractivity contribution is 0.102. The van der Waals surface area contributed by atoms with Crippen molar-refractivity contribution >= 4 is 42.6 Å². The summed E-state index contributed by atoms with van der Waals surface area (Å²) in [6, 6.07) is 12.2. The number of hydrogen-bond donors (Lipinski definition) is 1. The molecule has 2 aromatic carbocycles. The molecule has 0 radical (unpaired) electrons. The predicted octanol–water partition coefficient (Wildman–Crippen LogP) is 5.21. The van der Waals surface area contributed by atoms with E-state index in [2.05, 4.69) is 44.2 Å². The molecule has 8 heteroatoms. The maximum atomic E-state index is 13.0. The molecule has 1 aromatic heterocycles. The maximum Gasteiger partial charge on any atom is 0.257 e. The first-order valence-corrected chi connectivity index (χ1v) is 12.4. The average molecular weight is 470 g/mol. The highest BCUT2D eigenvalue weighted by molar-refractivity contribution is 7.89. The number of anilines is 1. The summed E-state index contributed by atoms with van der Waals surface area (Å²) in [6.07, 6.45) is 3.07. The van der Waals surface area contributed by atoms with Gasteiger partial charge in [-0.05, 0) is 41.3 Å². The summed E-state index contributed by atoms with van der Waals surface area (Å²) in [6.45, 7) is 14.0. The fourth-order valence-corrected chi connectivity index (χ4v) is 5.50. The van der Waals surface area contributed by atoms with Crippen LogP contribution in [0.15, 0.2) is 72.7 Å². The van der Waals surface area contributed by atoms with E-state index in [1.165, 1.54) is 33.9 Å². The molecule has 0 aliphatic heterocycles. The van der Waals surface area contributed by atoms with Crippen LogP contribution in [0.3, 0.4) is 0 Å². The lowest BCUT2D eigenvalue weighted by atomic mass is 9.87. The van der Waals surface area contributed by atoms with Crippen LogP contribution in [0.5, 0.6) is 0 Å². The maximum absolute atomic E-state index is 13.0. The minimum atomic E-state index is -3.71. The first kappa shape index (κ1) is 23.8. The number of rotatable bonds is 8. The summed E-state index contributed by atoms with van der Waals surface area (Å²) >= 11 is 1.23. The van der Waals surface area contributed by atoms with E-state index in [0.29, 0.717) is 20.9 Å². The average Bonchev–Trinajstić information content (AvgIpc) is 3.14. The smallest absolute Gasteiger partial charge is 0.257 e. The van der Waals surface area contributed by atoms with Gasteiger partial charge < -0.3 is 0 Å². The second-order valence-corrected chi connectivity index (χ2v) is 11.3. The van der Waals surface area contributed by atoms with E-state index < -0.39 is 10.0 Å². The van der Waals surface area contributed by atoms with Crippen LogP contribution in [-0.2, 0) is 15.4 Å². The number of hydrogen-bond acceptors (Lipinski definition) is 5. The van der Waals surface area contributed by atoms with Gasteiger partial charge in [0.1, 0.15) is 0 Å². The molecule has 3 aromatic rings. The van der Waals surface area contributed by atoms with Crippen LogP contribution in [0, 0.1) is 0 Å². The van der Waals surface area contributed by atoms with Gasteiger partial charge in [-0.15, -0.1) is 13.2 Å². The minimum Gasteiger partial charge on any atom is -0.298 e. The highest BCUT2D eigenvalue weighted by atomic mass is 32.2. The fraction of sp³-hybridized carbons (Fsp3) is 0.250. The van der Waals surface area contributed by atoms with Crippen LogP contribution in [0.2, 0.25) is 0 Å². The number of thiazole rings is 1. The molecule has 0 spiro atoms. The van der Waals surface area contributed by atoms with Gasteiger partial charge in [0.05, 0.1) is 15.1 Å². The van der Waals surface area contributed by atoms with Gasteiger partial charge in [0, 0.05) is 18.7 Å². The lowest BCUT2D eigenvalue weighted by Gasteiger charge is -2.18. The van der Waals surface area contributed by atoms with Gasteiger partial charge in [0.25, 0.3) is 5.91 Å². The van der Waals surface area contributed by atoms with Crippen LogP contribution >= 0.6 is 11.3 Å². The molecular formula is C24H27N3O3S2. The van der Waals surface area contributed by atoms with Gasteiger partial charge in [-0.2, -0.15) is 4.31 Å². The molecule has 0 unspecified atom stereocenters. The lowest BCUT2D eigenvalue weighted by Crippen LogP contribution is -2.31. The molecule has 0 bridgehead atoms. The molecule has 1 heterocycles. The van der Waals surface area contributed by atoms with Crippen molar-refractivity contribution in [2.24, 2.45) is 0 Å². The minimum absolute atomic E-state index is 0.00695. The molecule has 6 nitrogen and oxygen atoms in total. The van der Waals surface area contributed by atoms with Crippen molar-refractivity contribution in [1.29, 1.82) is 0 Å². The molecule has 32 heavy (non-hydrogen) atoms. The molecular weight excluding hydrogens is 442 g/mol. The van der Waals surface area contributed by atoms with Crippen molar-refractivity contribution in [1.82, 2.24) is 9.29 Å². The second kappa shape index (κ2) is 9.36. The predicted molar refractivity (Wildman–Crippen MR) is 132 cm³/mol. The summed E-state index contributed by atoms with van der Waals surface area (Å²) in [7, 11) is -3.71. The first-order chi connectivity index (χ1) is 15.1. The van der Waals surface area contributed by atoms with Crippen molar-refractivity contribution in [3.05, 3.63) is 78.9 Å². The van der Waals surface area contributed by atoms with E-state index in [9.17, 15) is 13.2 Å². The third-order valence-corrected chi connectivity index (χ3v) is 7.66. The van der Waals surface area contributed by atoms with Crippen LogP contribution < -0.4 is 5.32 Å². The molecule has 0 saturated carbocycles. The normalized spacial score (nSPS) is 12.1. The van der Waals surface area contributed by atoms with Crippen LogP contribution in [0.4, 0.5) is 5.13 Å². The Morgan fingerprint density at radius 2 is 1.72 bits per heavy atom. The molecule has 168 valence electrons.